The predicted molar refractivity (Wildman–Crippen MR) is 61.4 cm³/mol. The third-order valence-corrected chi connectivity index (χ3v) is 2.35. The normalized spacial score (nSPS) is 12.4. The van der Waals surface area contributed by atoms with E-state index in [9.17, 15) is 9.18 Å². The summed E-state index contributed by atoms with van der Waals surface area (Å²) in [4.78, 5) is 10.7. The fraction of sp³-hybridized carbons (Fsp3) is 0.417. The lowest BCUT2D eigenvalue weighted by Crippen LogP contribution is -2.19. The number of aliphatic hydroxyl groups excluding tert-OH is 1. The molecule has 0 bridgehead atoms. The second kappa shape index (κ2) is 6.32. The van der Waals surface area contributed by atoms with Crippen molar-refractivity contribution in [2.24, 2.45) is 0 Å². The Labute approximate surface area is 99.1 Å². The minimum Gasteiger partial charge on any atom is -0.478 e. The maximum absolute atomic E-state index is 13.3. The molecule has 0 aliphatic rings. The first-order chi connectivity index (χ1) is 8.00. The molecule has 17 heavy (non-hydrogen) atoms. The van der Waals surface area contributed by atoms with Crippen LogP contribution >= 0.6 is 0 Å². The van der Waals surface area contributed by atoms with Gasteiger partial charge in [-0.15, -0.1) is 0 Å². The first-order valence-corrected chi connectivity index (χ1v) is 5.41. The number of carbonyl (C=O) groups is 1. The van der Waals surface area contributed by atoms with Crippen LogP contribution in [0.25, 0.3) is 0 Å². The van der Waals surface area contributed by atoms with Gasteiger partial charge in [0.05, 0.1) is 11.7 Å². The van der Waals surface area contributed by atoms with Crippen molar-refractivity contribution in [3.8, 4) is 0 Å². The second-order valence-electron chi connectivity index (χ2n) is 3.93. The number of nitrogens with one attached hydrogen (secondary N) is 1. The summed E-state index contributed by atoms with van der Waals surface area (Å²) < 4.78 is 13.3. The Balaban J connectivity index is 2.57. The van der Waals surface area contributed by atoms with E-state index < -0.39 is 17.9 Å². The van der Waals surface area contributed by atoms with Gasteiger partial charge in [-0.3, -0.25) is 0 Å². The summed E-state index contributed by atoms with van der Waals surface area (Å²) >= 11 is 0. The van der Waals surface area contributed by atoms with E-state index in [2.05, 4.69) is 5.32 Å². The monoisotopic (exact) mass is 241 g/mol. The molecule has 1 atom stereocenters. The van der Waals surface area contributed by atoms with Gasteiger partial charge >= 0.3 is 5.97 Å². The van der Waals surface area contributed by atoms with Gasteiger partial charge in [0.1, 0.15) is 5.82 Å². The van der Waals surface area contributed by atoms with Gasteiger partial charge in [-0.1, -0.05) is 0 Å². The molecule has 1 rings (SSSR count). The fourth-order valence-electron chi connectivity index (χ4n) is 1.38. The summed E-state index contributed by atoms with van der Waals surface area (Å²) in [5, 5.41) is 20.7. The summed E-state index contributed by atoms with van der Waals surface area (Å²) in [6.07, 6.45) is 0.165. The molecule has 0 saturated heterocycles. The van der Waals surface area contributed by atoms with Crippen LogP contribution in [0.2, 0.25) is 0 Å². The highest BCUT2D eigenvalue weighted by Crippen LogP contribution is 2.10. The summed E-state index contributed by atoms with van der Waals surface area (Å²) in [7, 11) is 0. The lowest BCUT2D eigenvalue weighted by molar-refractivity contribution is 0.0696. The summed E-state index contributed by atoms with van der Waals surface area (Å²) in [6.45, 7) is 2.47. The topological polar surface area (TPSA) is 69.6 Å². The van der Waals surface area contributed by atoms with Crippen LogP contribution in [0.4, 0.5) is 4.39 Å². The molecule has 1 unspecified atom stereocenters. The van der Waals surface area contributed by atoms with Crippen LogP contribution < -0.4 is 5.32 Å². The van der Waals surface area contributed by atoms with Gasteiger partial charge in [0, 0.05) is 12.1 Å². The van der Waals surface area contributed by atoms with Crippen LogP contribution in [-0.2, 0) is 6.54 Å². The van der Waals surface area contributed by atoms with Crippen LogP contribution in [0.3, 0.4) is 0 Å². The Morgan fingerprint density at radius 1 is 1.53 bits per heavy atom. The lowest BCUT2D eigenvalue weighted by Gasteiger charge is -2.08. The molecule has 5 heteroatoms. The van der Waals surface area contributed by atoms with E-state index in [0.717, 1.165) is 6.07 Å². The highest BCUT2D eigenvalue weighted by molar-refractivity contribution is 5.87. The van der Waals surface area contributed by atoms with Crippen molar-refractivity contribution in [2.45, 2.75) is 26.0 Å². The second-order valence-corrected chi connectivity index (χ2v) is 3.93. The highest BCUT2D eigenvalue weighted by Gasteiger charge is 2.08. The van der Waals surface area contributed by atoms with E-state index in [-0.39, 0.29) is 12.1 Å². The number of hydrogen-bond donors (Lipinski definition) is 3. The van der Waals surface area contributed by atoms with E-state index in [1.807, 2.05) is 0 Å². The molecule has 0 spiro atoms. The fourth-order valence-corrected chi connectivity index (χ4v) is 1.38. The number of halogens is 1. The van der Waals surface area contributed by atoms with E-state index in [4.69, 9.17) is 10.2 Å². The molecule has 0 aromatic heterocycles. The Kier molecular flexibility index (Phi) is 5.06. The molecule has 94 valence electrons. The van der Waals surface area contributed by atoms with Crippen molar-refractivity contribution in [1.82, 2.24) is 5.32 Å². The molecule has 0 aliphatic carbocycles. The Hall–Kier alpha value is -1.46. The Morgan fingerprint density at radius 3 is 2.82 bits per heavy atom. The van der Waals surface area contributed by atoms with Crippen molar-refractivity contribution in [3.63, 3.8) is 0 Å². The zero-order valence-corrected chi connectivity index (χ0v) is 9.61. The first kappa shape index (κ1) is 13.6. The number of rotatable bonds is 6. The maximum atomic E-state index is 13.3. The van der Waals surface area contributed by atoms with Gasteiger partial charge in [-0.25, -0.2) is 9.18 Å². The Bertz CT molecular complexity index is 393. The molecule has 4 nitrogen and oxygen atoms in total. The number of aromatic carboxylic acids is 1. The average molecular weight is 241 g/mol. The minimum atomic E-state index is -1.07. The predicted octanol–water partition coefficient (Wildman–Crippen LogP) is 1.38. The standard InChI is InChI=1S/C12H16FNO3/c1-8(15)4-5-14-7-10-6-9(12(16)17)2-3-11(10)13/h2-3,6,8,14-15H,4-5,7H2,1H3,(H,16,17). The third kappa shape index (κ3) is 4.50. The number of hydrogen-bond acceptors (Lipinski definition) is 3. The van der Waals surface area contributed by atoms with E-state index >= 15 is 0 Å². The van der Waals surface area contributed by atoms with Gasteiger partial charge < -0.3 is 15.5 Å². The molecule has 3 N–H and O–H groups in total. The molecule has 0 fully saturated rings. The molecule has 0 amide bonds. The number of carboxylic acid groups (broad SMARTS) is 1. The van der Waals surface area contributed by atoms with Crippen molar-refractivity contribution < 1.29 is 19.4 Å². The largest absolute Gasteiger partial charge is 0.478 e. The smallest absolute Gasteiger partial charge is 0.335 e. The summed E-state index contributed by atoms with van der Waals surface area (Å²) in [6, 6.07) is 3.69. The van der Waals surface area contributed by atoms with Crippen LogP contribution in [-0.4, -0.2) is 28.8 Å². The molecule has 0 radical (unpaired) electrons. The van der Waals surface area contributed by atoms with Gasteiger partial charge in [0.25, 0.3) is 0 Å². The van der Waals surface area contributed by atoms with Gasteiger partial charge in [-0.2, -0.15) is 0 Å². The number of carboxylic acids is 1. The molecular formula is C12H16FNO3. The van der Waals surface area contributed by atoms with Crippen LogP contribution in [0.5, 0.6) is 0 Å². The van der Waals surface area contributed by atoms with Crippen molar-refractivity contribution in [1.29, 1.82) is 0 Å². The average Bonchev–Trinajstić information content (AvgIpc) is 2.25. The van der Waals surface area contributed by atoms with Gasteiger partial charge in [-0.05, 0) is 38.1 Å². The van der Waals surface area contributed by atoms with Crippen LogP contribution in [0, 0.1) is 5.82 Å². The summed E-state index contributed by atoms with van der Waals surface area (Å²) in [5.41, 5.74) is 0.384. The van der Waals surface area contributed by atoms with Crippen LogP contribution in [0.15, 0.2) is 18.2 Å². The van der Waals surface area contributed by atoms with Crippen LogP contribution in [0.1, 0.15) is 29.3 Å². The van der Waals surface area contributed by atoms with Crippen molar-refractivity contribution in [2.75, 3.05) is 6.54 Å². The first-order valence-electron chi connectivity index (χ1n) is 5.41. The quantitative estimate of drug-likeness (QED) is 0.658. The SMILES string of the molecule is CC(O)CCNCc1cc(C(=O)O)ccc1F. The summed E-state index contributed by atoms with van der Waals surface area (Å²) in [5.74, 6) is -1.50. The molecule has 0 aliphatic heterocycles. The van der Waals surface area contributed by atoms with E-state index in [0.29, 0.717) is 18.5 Å². The maximum Gasteiger partial charge on any atom is 0.335 e. The highest BCUT2D eigenvalue weighted by atomic mass is 19.1. The van der Waals surface area contributed by atoms with Gasteiger partial charge in [0.2, 0.25) is 0 Å². The molecular weight excluding hydrogens is 225 g/mol. The molecule has 1 aromatic carbocycles. The minimum absolute atomic E-state index is 0.0683. The van der Waals surface area contributed by atoms with Crippen molar-refractivity contribution >= 4 is 5.97 Å². The molecule has 1 aromatic rings. The zero-order chi connectivity index (χ0) is 12.8. The number of benzene rings is 1. The van der Waals surface area contributed by atoms with E-state index in [1.165, 1.54) is 12.1 Å². The molecule has 0 heterocycles. The van der Waals surface area contributed by atoms with E-state index in [1.54, 1.807) is 6.92 Å². The number of aliphatic hydroxyl groups is 1. The zero-order valence-electron chi connectivity index (χ0n) is 9.61. The lowest BCUT2D eigenvalue weighted by atomic mass is 10.1. The third-order valence-electron chi connectivity index (χ3n) is 2.35. The van der Waals surface area contributed by atoms with Gasteiger partial charge in [0.15, 0.2) is 0 Å². The molecule has 0 saturated carbocycles. The van der Waals surface area contributed by atoms with Crippen molar-refractivity contribution in [3.05, 3.63) is 35.1 Å². The Morgan fingerprint density at radius 2 is 2.24 bits per heavy atom.